The minimum absolute atomic E-state index is 0.0668. The van der Waals surface area contributed by atoms with Gasteiger partial charge >= 0.3 is 0 Å². The first-order valence-corrected chi connectivity index (χ1v) is 13.7. The van der Waals surface area contributed by atoms with Gasteiger partial charge in [-0.3, -0.25) is 14.5 Å². The van der Waals surface area contributed by atoms with Gasteiger partial charge in [-0.15, -0.1) is 0 Å². The van der Waals surface area contributed by atoms with Gasteiger partial charge in [0.1, 0.15) is 18.1 Å². The average Bonchev–Trinajstić information content (AvgIpc) is 3.48. The maximum Gasteiger partial charge on any atom is 0.254 e. The van der Waals surface area contributed by atoms with Crippen molar-refractivity contribution in [2.75, 3.05) is 45.9 Å². The van der Waals surface area contributed by atoms with Crippen LogP contribution in [0.5, 0.6) is 0 Å². The van der Waals surface area contributed by atoms with E-state index >= 15 is 0 Å². The molecule has 0 spiro atoms. The Kier molecular flexibility index (Phi) is 10.7. The van der Waals surface area contributed by atoms with Crippen molar-refractivity contribution in [3.63, 3.8) is 0 Å². The van der Waals surface area contributed by atoms with Crippen LogP contribution in [0.1, 0.15) is 47.0 Å². The first-order valence-electron chi connectivity index (χ1n) is 13.7. The summed E-state index contributed by atoms with van der Waals surface area (Å²) in [6, 6.07) is 17.4. The summed E-state index contributed by atoms with van der Waals surface area (Å²) in [5, 5.41) is 0. The molecule has 0 atom stereocenters. The third-order valence-electron chi connectivity index (χ3n) is 6.99. The van der Waals surface area contributed by atoms with E-state index in [1.165, 1.54) is 17.7 Å². The second-order valence-electron chi connectivity index (χ2n) is 9.94. The fraction of sp³-hybridized carbons (Fsp3) is 0.419. The van der Waals surface area contributed by atoms with Gasteiger partial charge in [0, 0.05) is 38.3 Å². The second-order valence-corrected chi connectivity index (χ2v) is 9.94. The van der Waals surface area contributed by atoms with Crippen molar-refractivity contribution in [2.24, 2.45) is 0 Å². The summed E-state index contributed by atoms with van der Waals surface area (Å²) >= 11 is 0. The van der Waals surface area contributed by atoms with Crippen molar-refractivity contribution in [1.29, 1.82) is 0 Å². The van der Waals surface area contributed by atoms with Gasteiger partial charge in [-0.25, -0.2) is 4.39 Å². The molecule has 3 aromatic rings. The third-order valence-corrected chi connectivity index (χ3v) is 6.99. The van der Waals surface area contributed by atoms with Crippen LogP contribution >= 0.6 is 0 Å². The van der Waals surface area contributed by atoms with Crippen molar-refractivity contribution < 1.29 is 23.1 Å². The van der Waals surface area contributed by atoms with Crippen molar-refractivity contribution >= 4 is 11.8 Å². The molecule has 1 aliphatic rings. The van der Waals surface area contributed by atoms with E-state index in [0.717, 1.165) is 37.9 Å². The Bertz CT molecular complexity index is 1160. The molecule has 208 valence electrons. The van der Waals surface area contributed by atoms with E-state index in [9.17, 15) is 14.0 Å². The molecule has 1 fully saturated rings. The summed E-state index contributed by atoms with van der Waals surface area (Å²) in [6.45, 7) is 6.64. The first-order chi connectivity index (χ1) is 19.0. The number of aryl methyl sites for hydroxylation is 1. The van der Waals surface area contributed by atoms with Crippen LogP contribution in [0.3, 0.4) is 0 Å². The highest BCUT2D eigenvalue weighted by Crippen LogP contribution is 2.15. The van der Waals surface area contributed by atoms with E-state index in [0.29, 0.717) is 37.6 Å². The van der Waals surface area contributed by atoms with Crippen LogP contribution < -0.4 is 0 Å². The third kappa shape index (κ3) is 8.76. The number of carbonyl (C=O) groups is 2. The van der Waals surface area contributed by atoms with Gasteiger partial charge in [-0.1, -0.05) is 37.6 Å². The number of halogens is 1. The van der Waals surface area contributed by atoms with Gasteiger partial charge < -0.3 is 19.0 Å². The smallest absolute Gasteiger partial charge is 0.254 e. The highest BCUT2D eigenvalue weighted by atomic mass is 19.1. The predicted octanol–water partition coefficient (Wildman–Crippen LogP) is 4.76. The number of hydrogen-bond donors (Lipinski definition) is 0. The van der Waals surface area contributed by atoms with E-state index in [4.69, 9.17) is 9.15 Å². The summed E-state index contributed by atoms with van der Waals surface area (Å²) in [4.78, 5) is 32.9. The van der Waals surface area contributed by atoms with Gasteiger partial charge in [0.15, 0.2) is 0 Å². The fourth-order valence-electron chi connectivity index (χ4n) is 4.61. The molecule has 39 heavy (non-hydrogen) atoms. The van der Waals surface area contributed by atoms with Gasteiger partial charge in [-0.2, -0.15) is 0 Å². The van der Waals surface area contributed by atoms with Gasteiger partial charge in [0.25, 0.3) is 5.91 Å². The summed E-state index contributed by atoms with van der Waals surface area (Å²) in [6.07, 6.45) is 4.77. The largest absolute Gasteiger partial charge is 0.467 e. The maximum absolute atomic E-state index is 13.7. The fourth-order valence-corrected chi connectivity index (χ4v) is 4.61. The van der Waals surface area contributed by atoms with Crippen LogP contribution in [0.2, 0.25) is 0 Å². The monoisotopic (exact) mass is 535 g/mol. The molecule has 0 saturated carbocycles. The molecule has 2 aromatic carbocycles. The average molecular weight is 536 g/mol. The van der Waals surface area contributed by atoms with E-state index in [-0.39, 0.29) is 37.3 Å². The Hall–Kier alpha value is -3.49. The van der Waals surface area contributed by atoms with E-state index in [2.05, 4.69) is 11.8 Å². The lowest BCUT2D eigenvalue weighted by molar-refractivity contribution is -0.133. The van der Waals surface area contributed by atoms with Gasteiger partial charge in [0.2, 0.25) is 5.91 Å². The van der Waals surface area contributed by atoms with Crippen LogP contribution in [0, 0.1) is 5.82 Å². The standard InChI is InChI=1S/C31H38FN3O4/c1-2-3-5-25-7-11-27(12-8-25)31(37)34(16-15-33-17-20-38-21-18-33)24-30(36)35(23-29-6-4-19-39-29)22-26-9-13-28(32)14-10-26/h4,6-14,19H,2-3,5,15-18,20-24H2,1H3. The zero-order valence-electron chi connectivity index (χ0n) is 22.7. The Morgan fingerprint density at radius 2 is 1.64 bits per heavy atom. The van der Waals surface area contributed by atoms with Crippen molar-refractivity contribution in [2.45, 2.75) is 39.3 Å². The minimum Gasteiger partial charge on any atom is -0.467 e. The van der Waals surface area contributed by atoms with Gasteiger partial charge in [0.05, 0.1) is 26.0 Å². The van der Waals surface area contributed by atoms with Crippen molar-refractivity contribution in [3.8, 4) is 0 Å². The Balaban J connectivity index is 1.50. The number of ether oxygens (including phenoxy) is 1. The summed E-state index contributed by atoms with van der Waals surface area (Å²) in [5.41, 5.74) is 2.57. The molecule has 0 unspecified atom stereocenters. The van der Waals surface area contributed by atoms with Crippen LogP contribution in [-0.4, -0.2) is 72.5 Å². The molecule has 1 saturated heterocycles. The molecular weight excluding hydrogens is 497 g/mol. The topological polar surface area (TPSA) is 66.2 Å². The predicted molar refractivity (Wildman–Crippen MR) is 148 cm³/mol. The lowest BCUT2D eigenvalue weighted by Crippen LogP contribution is -2.47. The normalized spacial score (nSPS) is 13.8. The molecule has 0 radical (unpaired) electrons. The van der Waals surface area contributed by atoms with E-state index in [1.54, 1.807) is 34.3 Å². The highest BCUT2D eigenvalue weighted by Gasteiger charge is 2.24. The first kappa shape index (κ1) is 28.5. The Labute approximate surface area is 230 Å². The lowest BCUT2D eigenvalue weighted by Gasteiger charge is -2.31. The number of hydrogen-bond acceptors (Lipinski definition) is 5. The molecule has 2 heterocycles. The summed E-state index contributed by atoms with van der Waals surface area (Å²) in [5.74, 6) is -0.0634. The molecule has 2 amide bonds. The molecule has 8 heteroatoms. The van der Waals surface area contributed by atoms with E-state index < -0.39 is 0 Å². The Morgan fingerprint density at radius 3 is 2.31 bits per heavy atom. The number of morpholine rings is 1. The van der Waals surface area contributed by atoms with Crippen molar-refractivity contribution in [3.05, 3.63) is 95.2 Å². The molecule has 7 nitrogen and oxygen atoms in total. The number of rotatable bonds is 13. The number of unbranched alkanes of at least 4 members (excludes halogenated alkanes) is 1. The molecule has 1 aromatic heterocycles. The molecule has 0 N–H and O–H groups in total. The minimum atomic E-state index is -0.330. The maximum atomic E-state index is 13.7. The molecule has 0 aliphatic carbocycles. The zero-order valence-corrected chi connectivity index (χ0v) is 22.7. The van der Waals surface area contributed by atoms with Crippen LogP contribution in [0.15, 0.2) is 71.3 Å². The SMILES string of the molecule is CCCCc1ccc(C(=O)N(CCN2CCOCC2)CC(=O)N(Cc2ccc(F)cc2)Cc2ccco2)cc1. The van der Waals surface area contributed by atoms with Crippen LogP contribution in [-0.2, 0) is 29.0 Å². The number of benzene rings is 2. The lowest BCUT2D eigenvalue weighted by atomic mass is 10.1. The molecule has 1 aliphatic heterocycles. The number of carbonyl (C=O) groups excluding carboxylic acids is 2. The van der Waals surface area contributed by atoms with Crippen LogP contribution in [0.4, 0.5) is 4.39 Å². The Morgan fingerprint density at radius 1 is 0.923 bits per heavy atom. The molecular formula is C31H38FN3O4. The van der Waals surface area contributed by atoms with Gasteiger partial charge in [-0.05, 0) is 60.4 Å². The van der Waals surface area contributed by atoms with Crippen LogP contribution in [0.25, 0.3) is 0 Å². The molecule has 4 rings (SSSR count). The number of furan rings is 1. The summed E-state index contributed by atoms with van der Waals surface area (Å²) < 4.78 is 24.4. The quantitative estimate of drug-likeness (QED) is 0.316. The molecule has 0 bridgehead atoms. The van der Waals surface area contributed by atoms with E-state index in [1.807, 2.05) is 30.3 Å². The number of nitrogens with zero attached hydrogens (tertiary/aromatic N) is 3. The summed E-state index contributed by atoms with van der Waals surface area (Å²) in [7, 11) is 0. The zero-order chi connectivity index (χ0) is 27.5. The number of amides is 2. The van der Waals surface area contributed by atoms with Crippen molar-refractivity contribution in [1.82, 2.24) is 14.7 Å². The second kappa shape index (κ2) is 14.6. The highest BCUT2D eigenvalue weighted by molar-refractivity contribution is 5.96.